The fraction of sp³-hybridized carbons (Fsp3) is 0.533. The standard InChI is InChI=1S/2C15H23N3O2.2Cu.HN3/c2*1-18(2,3)11-7-5-9-14(15(19)20)17-12-13-8-4-6-10-16-13;;;1-3-2/h2*4,6,8,10,12,14H,5,7,9,11H2,1-3H3;;;1H/q;;2*+2;/p+2. The number of quaternary nitrogens is 2. The van der Waals surface area contributed by atoms with Gasteiger partial charge in [-0.3, -0.25) is 20.0 Å². The number of aromatic nitrogens is 2. The Labute approximate surface area is 288 Å². The number of rotatable bonds is 16. The number of hydrogen-bond acceptors (Lipinski definition) is 7. The van der Waals surface area contributed by atoms with E-state index in [9.17, 15) is 19.8 Å². The molecule has 0 saturated carbocycles. The molecule has 0 fully saturated rings. The minimum absolute atomic E-state index is 0. The molecule has 13 nitrogen and oxygen atoms in total. The Balaban J connectivity index is -0.000000692. The van der Waals surface area contributed by atoms with Gasteiger partial charge in [0.1, 0.15) is 12.1 Å². The van der Waals surface area contributed by atoms with Gasteiger partial charge in [-0.05, 0) is 73.2 Å². The van der Waals surface area contributed by atoms with E-state index in [0.29, 0.717) is 24.2 Å². The van der Waals surface area contributed by atoms with Crippen molar-refractivity contribution >= 4 is 24.4 Å². The van der Waals surface area contributed by atoms with E-state index >= 15 is 0 Å². The smallest absolute Gasteiger partial charge is 0.480 e. The Morgan fingerprint density at radius 3 is 1.36 bits per heavy atom. The van der Waals surface area contributed by atoms with E-state index < -0.39 is 24.0 Å². The van der Waals surface area contributed by atoms with Crippen LogP contribution in [-0.4, -0.2) is 121 Å². The van der Waals surface area contributed by atoms with Crippen LogP contribution < -0.4 is 0 Å². The number of aliphatic carboxylic acids is 2. The molecule has 254 valence electrons. The van der Waals surface area contributed by atoms with Crippen molar-refractivity contribution in [2.75, 3.05) is 55.4 Å². The van der Waals surface area contributed by atoms with Gasteiger partial charge in [-0.1, -0.05) is 12.1 Å². The molecule has 15 heteroatoms. The van der Waals surface area contributed by atoms with E-state index in [-0.39, 0.29) is 34.1 Å². The van der Waals surface area contributed by atoms with Crippen LogP contribution in [0.1, 0.15) is 49.9 Å². The fourth-order valence-corrected chi connectivity index (χ4v) is 3.61. The summed E-state index contributed by atoms with van der Waals surface area (Å²) in [7, 11) is 12.8. The third kappa shape index (κ3) is 28.1. The Morgan fingerprint density at radius 1 is 0.778 bits per heavy atom. The second-order valence-corrected chi connectivity index (χ2v) is 11.9. The Hall–Kier alpha value is -3.15. The van der Waals surface area contributed by atoms with Gasteiger partial charge in [0.25, 0.3) is 0 Å². The third-order valence-corrected chi connectivity index (χ3v) is 5.83. The SMILES string of the molecule is C[N+](C)(C)CCCCC(N=Cc1ccccn1)C(=O)O.C[N+](C)(C)CCCCC(N=Cc1ccccn1)C(=O)O.[Cu+2].[Cu+2].[N-]=[N+]=N. The Kier molecular flexibility index (Phi) is 26.8. The van der Waals surface area contributed by atoms with Crippen LogP contribution in [-0.2, 0) is 43.7 Å². The molecule has 2 unspecified atom stereocenters. The molecule has 0 aliphatic rings. The molecule has 0 saturated heterocycles. The van der Waals surface area contributed by atoms with E-state index in [4.69, 9.17) is 11.1 Å². The zero-order chi connectivity index (χ0) is 32.7. The summed E-state index contributed by atoms with van der Waals surface area (Å²) in [6.07, 6.45) is 11.3. The molecule has 2 heterocycles. The van der Waals surface area contributed by atoms with Gasteiger partial charge in [0.2, 0.25) is 0 Å². The summed E-state index contributed by atoms with van der Waals surface area (Å²) in [4.78, 5) is 40.6. The molecule has 0 amide bonds. The van der Waals surface area contributed by atoms with Crippen LogP contribution in [0.5, 0.6) is 0 Å². The molecule has 2 atom stereocenters. The van der Waals surface area contributed by atoms with Crippen molar-refractivity contribution in [3.05, 3.63) is 70.6 Å². The monoisotopic (exact) mass is 725 g/mol. The van der Waals surface area contributed by atoms with Crippen molar-refractivity contribution in [3.63, 3.8) is 0 Å². The van der Waals surface area contributed by atoms with Crippen LogP contribution in [0, 0.1) is 5.53 Å². The predicted octanol–water partition coefficient (Wildman–Crippen LogP) is 4.53. The molecule has 0 aliphatic heterocycles. The summed E-state index contributed by atoms with van der Waals surface area (Å²) >= 11 is 0. The third-order valence-electron chi connectivity index (χ3n) is 5.83. The first-order valence-electron chi connectivity index (χ1n) is 14.1. The van der Waals surface area contributed by atoms with Crippen molar-refractivity contribution in [1.29, 1.82) is 5.53 Å². The number of carbonyl (C=O) groups is 2. The number of nitrogens with zero attached hydrogens (tertiary/aromatic N) is 8. The number of carboxylic acids is 2. The van der Waals surface area contributed by atoms with Crippen LogP contribution in [0.4, 0.5) is 0 Å². The number of pyridine rings is 2. The molecular weight excluding hydrogens is 677 g/mol. The quantitative estimate of drug-likeness (QED) is 0.0434. The summed E-state index contributed by atoms with van der Waals surface area (Å²) < 4.78 is 1.80. The van der Waals surface area contributed by atoms with Gasteiger partial charge in [-0.15, -0.1) is 5.53 Å². The van der Waals surface area contributed by atoms with Gasteiger partial charge in [-0.25, -0.2) is 9.59 Å². The molecule has 45 heavy (non-hydrogen) atoms. The molecule has 0 aromatic carbocycles. The van der Waals surface area contributed by atoms with Crippen molar-refractivity contribution < 1.29 is 62.9 Å². The van der Waals surface area contributed by atoms with Gasteiger partial charge >= 0.3 is 46.1 Å². The van der Waals surface area contributed by atoms with Crippen LogP contribution in [0.25, 0.3) is 10.4 Å². The van der Waals surface area contributed by atoms with Crippen LogP contribution >= 0.6 is 0 Å². The van der Waals surface area contributed by atoms with Crippen LogP contribution in [0.15, 0.2) is 58.8 Å². The summed E-state index contributed by atoms with van der Waals surface area (Å²) in [6, 6.07) is 9.59. The zero-order valence-electron chi connectivity index (χ0n) is 27.0. The molecule has 0 spiro atoms. The number of unbranched alkanes of at least 4 members (excludes halogenated alkanes) is 2. The Morgan fingerprint density at radius 2 is 1.11 bits per heavy atom. The van der Waals surface area contributed by atoms with Crippen molar-refractivity contribution in [3.8, 4) is 0 Å². The van der Waals surface area contributed by atoms with Gasteiger partial charge in [-0.2, -0.15) is 0 Å². The van der Waals surface area contributed by atoms with Crippen molar-refractivity contribution in [1.82, 2.24) is 9.97 Å². The number of nitrogens with one attached hydrogen (secondary N) is 1. The first-order valence-corrected chi connectivity index (χ1v) is 14.1. The number of carboxylic acid groups (broad SMARTS) is 2. The zero-order valence-corrected chi connectivity index (χ0v) is 28.9. The van der Waals surface area contributed by atoms with E-state index in [1.165, 1.54) is 0 Å². The minimum Gasteiger partial charge on any atom is -0.480 e. The maximum absolute atomic E-state index is 11.2. The average molecular weight is 727 g/mol. The maximum Gasteiger partial charge on any atom is 2.00 e. The van der Waals surface area contributed by atoms with E-state index in [0.717, 1.165) is 47.7 Å². The largest absolute Gasteiger partial charge is 2.00 e. The first-order chi connectivity index (χ1) is 20.2. The summed E-state index contributed by atoms with van der Waals surface area (Å²) in [6.45, 7) is 2.08. The maximum atomic E-state index is 11.2. The Bertz CT molecular complexity index is 1070. The normalized spacial score (nSPS) is 12.2. The van der Waals surface area contributed by atoms with Crippen molar-refractivity contribution in [2.24, 2.45) is 9.98 Å². The topological polar surface area (TPSA) is 185 Å². The predicted molar refractivity (Wildman–Crippen MR) is 169 cm³/mol. The number of hydrogen-bond donors (Lipinski definition) is 3. The van der Waals surface area contributed by atoms with E-state index in [2.05, 4.69) is 62.2 Å². The fourth-order valence-electron chi connectivity index (χ4n) is 3.61. The van der Waals surface area contributed by atoms with Gasteiger partial charge in [0.15, 0.2) is 0 Å². The van der Waals surface area contributed by atoms with E-state index in [1.807, 2.05) is 24.3 Å². The molecular formula is C30H49Cu2N9O4+6. The van der Waals surface area contributed by atoms with Gasteiger partial charge in [0.05, 0.1) is 66.8 Å². The van der Waals surface area contributed by atoms with Crippen molar-refractivity contribution in [2.45, 2.75) is 50.6 Å². The molecule has 2 aromatic rings. The molecule has 2 aromatic heterocycles. The van der Waals surface area contributed by atoms with Crippen LogP contribution in [0.3, 0.4) is 0 Å². The second-order valence-electron chi connectivity index (χ2n) is 11.9. The summed E-state index contributed by atoms with van der Waals surface area (Å²) in [5, 5.41) is 18.3. The second kappa shape index (κ2) is 26.1. The first kappa shape index (κ1) is 46.3. The summed E-state index contributed by atoms with van der Waals surface area (Å²) in [5.74, 6) is -1.75. The van der Waals surface area contributed by atoms with Gasteiger partial charge in [0, 0.05) is 24.8 Å². The minimum atomic E-state index is -0.873. The molecule has 2 radical (unpaired) electrons. The molecule has 3 N–H and O–H groups in total. The number of aliphatic imine (C=N–C) groups is 2. The summed E-state index contributed by atoms with van der Waals surface area (Å²) in [5.41, 5.74) is 13.6. The van der Waals surface area contributed by atoms with Gasteiger partial charge < -0.3 is 19.2 Å². The molecule has 0 bridgehead atoms. The molecule has 2 rings (SSSR count). The average Bonchev–Trinajstić information content (AvgIpc) is 2.92. The van der Waals surface area contributed by atoms with Crippen LogP contribution in [0.2, 0.25) is 0 Å². The van der Waals surface area contributed by atoms with E-state index in [1.54, 1.807) is 41.9 Å². The molecule has 0 aliphatic carbocycles.